The van der Waals surface area contributed by atoms with Crippen LogP contribution in [0.1, 0.15) is 11.1 Å². The van der Waals surface area contributed by atoms with E-state index in [4.69, 9.17) is 14.6 Å². The van der Waals surface area contributed by atoms with Gasteiger partial charge in [0.15, 0.2) is 0 Å². The zero-order chi connectivity index (χ0) is 26.3. The van der Waals surface area contributed by atoms with Crippen LogP contribution < -0.4 is 9.46 Å². The van der Waals surface area contributed by atoms with Crippen molar-refractivity contribution >= 4 is 38.6 Å². The minimum atomic E-state index is -3.89. The first-order chi connectivity index (χ1) is 17.9. The van der Waals surface area contributed by atoms with Crippen LogP contribution in [0.25, 0.3) is 22.9 Å². The zero-order valence-corrected chi connectivity index (χ0v) is 21.0. The molecule has 196 valence electrons. The summed E-state index contributed by atoms with van der Waals surface area (Å²) in [7, 11) is -3.89. The number of nitrogens with zero attached hydrogens (tertiary/aromatic N) is 2. The van der Waals surface area contributed by atoms with Gasteiger partial charge in [-0.15, -0.1) is 0 Å². The molecule has 37 heavy (non-hydrogen) atoms. The van der Waals surface area contributed by atoms with Crippen LogP contribution in [-0.4, -0.2) is 76.0 Å². The number of nitro groups is 1. The first-order valence-corrected chi connectivity index (χ1v) is 13.4. The Labute approximate surface area is 215 Å². The number of sulfonamides is 1. The molecule has 10 nitrogen and oxygen atoms in total. The summed E-state index contributed by atoms with van der Waals surface area (Å²) in [6, 6.07) is 15.0. The van der Waals surface area contributed by atoms with Crippen molar-refractivity contribution in [3.63, 3.8) is 0 Å². The first kappa shape index (κ1) is 26.7. The van der Waals surface area contributed by atoms with E-state index in [1.807, 2.05) is 30.3 Å². The van der Waals surface area contributed by atoms with E-state index in [-0.39, 0.29) is 29.1 Å². The third kappa shape index (κ3) is 7.12. The zero-order valence-electron chi connectivity index (χ0n) is 20.2. The average Bonchev–Trinajstić information content (AvgIpc) is 2.91. The van der Waals surface area contributed by atoms with Gasteiger partial charge in [-0.2, -0.15) is 0 Å². The van der Waals surface area contributed by atoms with Crippen LogP contribution in [0.3, 0.4) is 0 Å². The minimum Gasteiger partial charge on any atom is -0.492 e. The summed E-state index contributed by atoms with van der Waals surface area (Å²) in [5.41, 5.74) is 1.32. The standard InChI is InChI=1S/C26H29N3O7S/c30-13-9-27-37(33,34)24-8-5-22-17-21(18-26(29(31)32)25(22)19-24)2-1-20-3-6-23(7-4-20)36-16-12-28-10-14-35-15-11-28/h1-8,17-19,27,30H,9-16H2/b2-1+. The molecule has 0 amide bonds. The highest BCUT2D eigenvalue weighted by atomic mass is 32.2. The Balaban J connectivity index is 1.47. The fourth-order valence-corrected chi connectivity index (χ4v) is 5.05. The molecule has 0 bridgehead atoms. The third-order valence-corrected chi connectivity index (χ3v) is 7.42. The molecule has 3 aromatic carbocycles. The summed E-state index contributed by atoms with van der Waals surface area (Å²) in [4.78, 5) is 13.4. The van der Waals surface area contributed by atoms with Crippen molar-refractivity contribution in [3.8, 4) is 5.75 Å². The first-order valence-electron chi connectivity index (χ1n) is 11.9. The summed E-state index contributed by atoms with van der Waals surface area (Å²) in [6.45, 7) is 4.29. The number of benzene rings is 3. The van der Waals surface area contributed by atoms with Crippen molar-refractivity contribution in [2.45, 2.75) is 4.90 Å². The molecule has 3 aromatic rings. The van der Waals surface area contributed by atoms with Crippen molar-refractivity contribution in [1.29, 1.82) is 0 Å². The van der Waals surface area contributed by atoms with Gasteiger partial charge in [0.2, 0.25) is 10.0 Å². The second-order valence-electron chi connectivity index (χ2n) is 8.51. The number of rotatable bonds is 11. The van der Waals surface area contributed by atoms with Crippen LogP contribution in [-0.2, 0) is 14.8 Å². The summed E-state index contributed by atoms with van der Waals surface area (Å²) >= 11 is 0. The van der Waals surface area contributed by atoms with Gasteiger partial charge in [-0.25, -0.2) is 13.1 Å². The molecule has 0 saturated carbocycles. The van der Waals surface area contributed by atoms with Gasteiger partial charge in [-0.3, -0.25) is 15.0 Å². The van der Waals surface area contributed by atoms with Crippen molar-refractivity contribution in [2.24, 2.45) is 0 Å². The largest absolute Gasteiger partial charge is 0.492 e. The number of nitro benzene ring substituents is 1. The summed E-state index contributed by atoms with van der Waals surface area (Å²) in [6.07, 6.45) is 3.62. The smallest absolute Gasteiger partial charge is 0.277 e. The Bertz CT molecular complexity index is 1370. The maximum atomic E-state index is 12.4. The maximum absolute atomic E-state index is 12.4. The van der Waals surface area contributed by atoms with Gasteiger partial charge in [-0.1, -0.05) is 30.4 Å². The van der Waals surface area contributed by atoms with Crippen LogP contribution in [0.5, 0.6) is 5.75 Å². The molecule has 0 radical (unpaired) electrons. The van der Waals surface area contributed by atoms with Gasteiger partial charge in [0.1, 0.15) is 12.4 Å². The van der Waals surface area contributed by atoms with Crippen LogP contribution in [0, 0.1) is 10.1 Å². The molecule has 0 aliphatic carbocycles. The van der Waals surface area contributed by atoms with E-state index in [0.717, 1.165) is 44.2 Å². The van der Waals surface area contributed by atoms with Crippen LogP contribution in [0.15, 0.2) is 59.5 Å². The molecule has 0 aromatic heterocycles. The molecule has 0 spiro atoms. The van der Waals surface area contributed by atoms with Gasteiger partial charge in [0.25, 0.3) is 5.69 Å². The lowest BCUT2D eigenvalue weighted by molar-refractivity contribution is -0.383. The number of aliphatic hydroxyl groups excluding tert-OH is 1. The van der Waals surface area contributed by atoms with Crippen LogP contribution in [0.2, 0.25) is 0 Å². The van der Waals surface area contributed by atoms with E-state index in [1.54, 1.807) is 12.1 Å². The average molecular weight is 528 g/mol. The van der Waals surface area contributed by atoms with E-state index < -0.39 is 14.9 Å². The molecule has 1 fully saturated rings. The van der Waals surface area contributed by atoms with Gasteiger partial charge in [-0.05, 0) is 46.8 Å². The van der Waals surface area contributed by atoms with E-state index in [2.05, 4.69) is 9.62 Å². The molecule has 0 unspecified atom stereocenters. The number of hydrogen-bond acceptors (Lipinski definition) is 8. The van der Waals surface area contributed by atoms with Gasteiger partial charge < -0.3 is 14.6 Å². The number of ether oxygens (including phenoxy) is 2. The number of non-ortho nitro benzene ring substituents is 1. The SMILES string of the molecule is O=[N+]([O-])c1cc(/C=C/c2ccc(OCCN3CCOCC3)cc2)cc2ccc(S(=O)(=O)NCCO)cc12. The van der Waals surface area contributed by atoms with Gasteiger partial charge in [0, 0.05) is 32.2 Å². The number of fused-ring (bicyclic) bond motifs is 1. The highest BCUT2D eigenvalue weighted by molar-refractivity contribution is 7.89. The quantitative estimate of drug-likeness (QED) is 0.221. The topological polar surface area (TPSA) is 131 Å². The number of aliphatic hydroxyl groups is 1. The lowest BCUT2D eigenvalue weighted by atomic mass is 10.0. The molecule has 1 aliphatic heterocycles. The highest BCUT2D eigenvalue weighted by Gasteiger charge is 2.19. The second-order valence-corrected chi connectivity index (χ2v) is 10.3. The number of morpholine rings is 1. The maximum Gasteiger partial charge on any atom is 0.277 e. The van der Waals surface area contributed by atoms with E-state index in [1.165, 1.54) is 24.3 Å². The Kier molecular flexibility index (Phi) is 8.85. The normalized spacial score (nSPS) is 14.8. The Hall–Kier alpha value is -3.35. The molecular formula is C26H29N3O7S. The molecule has 1 saturated heterocycles. The van der Waals surface area contributed by atoms with Crippen molar-refractivity contribution in [1.82, 2.24) is 9.62 Å². The Morgan fingerprint density at radius 2 is 1.78 bits per heavy atom. The van der Waals surface area contributed by atoms with Crippen molar-refractivity contribution < 1.29 is 27.9 Å². The minimum absolute atomic E-state index is 0.105. The Morgan fingerprint density at radius 3 is 2.49 bits per heavy atom. The highest BCUT2D eigenvalue weighted by Crippen LogP contribution is 2.30. The van der Waals surface area contributed by atoms with E-state index in [9.17, 15) is 18.5 Å². The lowest BCUT2D eigenvalue weighted by Gasteiger charge is -2.26. The predicted molar refractivity (Wildman–Crippen MR) is 141 cm³/mol. The van der Waals surface area contributed by atoms with Gasteiger partial charge in [0.05, 0.1) is 35.0 Å². The predicted octanol–water partition coefficient (Wildman–Crippen LogP) is 2.90. The molecule has 1 heterocycles. The summed E-state index contributed by atoms with van der Waals surface area (Å²) < 4.78 is 38.2. The van der Waals surface area contributed by atoms with E-state index >= 15 is 0 Å². The van der Waals surface area contributed by atoms with Crippen LogP contribution >= 0.6 is 0 Å². The number of hydrogen-bond donors (Lipinski definition) is 2. The fourth-order valence-electron chi connectivity index (χ4n) is 4.00. The number of nitrogens with one attached hydrogen (secondary N) is 1. The van der Waals surface area contributed by atoms with Crippen molar-refractivity contribution in [3.05, 3.63) is 75.8 Å². The lowest BCUT2D eigenvalue weighted by Crippen LogP contribution is -2.38. The fraction of sp³-hybridized carbons (Fsp3) is 0.308. The van der Waals surface area contributed by atoms with Crippen molar-refractivity contribution in [2.75, 3.05) is 52.6 Å². The summed E-state index contributed by atoms with van der Waals surface area (Å²) in [5.74, 6) is 0.769. The Morgan fingerprint density at radius 1 is 1.05 bits per heavy atom. The third-order valence-electron chi connectivity index (χ3n) is 5.97. The molecule has 4 rings (SSSR count). The monoisotopic (exact) mass is 527 g/mol. The molecule has 11 heteroatoms. The second kappa shape index (κ2) is 12.3. The van der Waals surface area contributed by atoms with E-state index in [0.29, 0.717) is 17.6 Å². The summed E-state index contributed by atoms with van der Waals surface area (Å²) in [5, 5.41) is 21.4. The molecule has 0 atom stereocenters. The molecule has 2 N–H and O–H groups in total. The van der Waals surface area contributed by atoms with Gasteiger partial charge >= 0.3 is 0 Å². The molecular weight excluding hydrogens is 498 g/mol. The molecule has 1 aliphatic rings. The van der Waals surface area contributed by atoms with Crippen LogP contribution in [0.4, 0.5) is 5.69 Å².